The molecule has 0 radical (unpaired) electrons. The van der Waals surface area contributed by atoms with E-state index in [4.69, 9.17) is 4.74 Å². The number of halogens is 2. The average Bonchev–Trinajstić information content (AvgIpc) is 2.56. The van der Waals surface area contributed by atoms with Gasteiger partial charge in [0, 0.05) is 0 Å². The first-order valence-corrected chi connectivity index (χ1v) is 9.03. The monoisotopic (exact) mass is 342 g/mol. The van der Waals surface area contributed by atoms with Gasteiger partial charge in [-0.1, -0.05) is 71.9 Å². The largest absolute Gasteiger partial charge is 0.499 e. The first-order valence-electron chi connectivity index (χ1n) is 9.03. The Balaban J connectivity index is 4.76. The van der Waals surface area contributed by atoms with Crippen molar-refractivity contribution in [1.82, 2.24) is 0 Å². The van der Waals surface area contributed by atoms with Crippen molar-refractivity contribution in [1.29, 1.82) is 0 Å². The van der Waals surface area contributed by atoms with Crippen LogP contribution in [0.15, 0.2) is 36.6 Å². The van der Waals surface area contributed by atoms with Gasteiger partial charge < -0.3 is 4.74 Å². The Morgan fingerprint density at radius 3 is 2.12 bits per heavy atom. The van der Waals surface area contributed by atoms with E-state index in [0.29, 0.717) is 18.3 Å². The van der Waals surface area contributed by atoms with Gasteiger partial charge in [-0.3, -0.25) is 0 Å². The SMILES string of the molecule is C=C(/C=C\C(C)[C@H](CC)[C@H](F)C(F)C(=C)OC)C(C)CCC(C)C. The lowest BCUT2D eigenvalue weighted by atomic mass is 9.84. The molecule has 0 fully saturated rings. The molecule has 0 aromatic carbocycles. The second-order valence-electron chi connectivity index (χ2n) is 7.25. The van der Waals surface area contributed by atoms with Crippen molar-refractivity contribution in [3.63, 3.8) is 0 Å². The summed E-state index contributed by atoms with van der Waals surface area (Å²) in [4.78, 5) is 0. The lowest BCUT2D eigenvalue weighted by molar-refractivity contribution is 0.0736. The quantitative estimate of drug-likeness (QED) is 0.284. The van der Waals surface area contributed by atoms with Gasteiger partial charge >= 0.3 is 0 Å². The lowest BCUT2D eigenvalue weighted by Gasteiger charge is -2.27. The summed E-state index contributed by atoms with van der Waals surface area (Å²) in [6, 6.07) is 0. The van der Waals surface area contributed by atoms with Crippen LogP contribution in [0, 0.1) is 23.7 Å². The summed E-state index contributed by atoms with van der Waals surface area (Å²) in [5, 5.41) is 0. The molecule has 0 aliphatic heterocycles. The fourth-order valence-corrected chi connectivity index (χ4v) is 2.75. The van der Waals surface area contributed by atoms with Crippen molar-refractivity contribution < 1.29 is 13.5 Å². The maximum Gasteiger partial charge on any atom is 0.187 e. The summed E-state index contributed by atoms with van der Waals surface area (Å²) in [5.41, 5.74) is 1.05. The van der Waals surface area contributed by atoms with Gasteiger partial charge in [0.05, 0.1) is 7.11 Å². The maximum atomic E-state index is 14.5. The predicted octanol–water partition coefficient (Wildman–Crippen LogP) is 6.67. The van der Waals surface area contributed by atoms with Gasteiger partial charge in [0.25, 0.3) is 0 Å². The third-order valence-electron chi connectivity index (χ3n) is 4.83. The Kier molecular flexibility index (Phi) is 10.9. The van der Waals surface area contributed by atoms with Crippen molar-refractivity contribution >= 4 is 0 Å². The minimum Gasteiger partial charge on any atom is -0.499 e. The fourth-order valence-electron chi connectivity index (χ4n) is 2.75. The Labute approximate surface area is 147 Å². The van der Waals surface area contributed by atoms with Crippen molar-refractivity contribution in [2.24, 2.45) is 23.7 Å². The van der Waals surface area contributed by atoms with Crippen LogP contribution in [0.1, 0.15) is 53.9 Å². The summed E-state index contributed by atoms with van der Waals surface area (Å²) >= 11 is 0. The van der Waals surface area contributed by atoms with Crippen molar-refractivity contribution in [3.8, 4) is 0 Å². The number of hydrogen-bond donors (Lipinski definition) is 0. The molecule has 5 atom stereocenters. The Morgan fingerprint density at radius 1 is 1.08 bits per heavy atom. The third kappa shape index (κ3) is 7.63. The van der Waals surface area contributed by atoms with E-state index >= 15 is 0 Å². The van der Waals surface area contributed by atoms with E-state index < -0.39 is 18.3 Å². The smallest absolute Gasteiger partial charge is 0.187 e. The van der Waals surface area contributed by atoms with E-state index in [1.807, 2.05) is 26.0 Å². The molecule has 0 spiro atoms. The Morgan fingerprint density at radius 2 is 1.67 bits per heavy atom. The molecule has 3 heteroatoms. The van der Waals surface area contributed by atoms with Crippen molar-refractivity contribution in [2.75, 3.05) is 7.11 Å². The van der Waals surface area contributed by atoms with Crippen LogP contribution in [0.3, 0.4) is 0 Å². The molecule has 0 amide bonds. The highest BCUT2D eigenvalue weighted by molar-refractivity contribution is 5.18. The van der Waals surface area contributed by atoms with E-state index in [9.17, 15) is 8.78 Å². The van der Waals surface area contributed by atoms with E-state index in [0.717, 1.165) is 18.4 Å². The van der Waals surface area contributed by atoms with Crippen LogP contribution in [0.4, 0.5) is 8.78 Å². The zero-order valence-electron chi connectivity index (χ0n) is 16.3. The number of alkyl halides is 2. The molecule has 1 nitrogen and oxygen atoms in total. The number of methoxy groups -OCH3 is 1. The molecule has 0 aliphatic rings. The van der Waals surface area contributed by atoms with Gasteiger partial charge in [0.15, 0.2) is 6.17 Å². The molecule has 0 saturated carbocycles. The second kappa shape index (κ2) is 11.4. The first-order chi connectivity index (χ1) is 11.1. The van der Waals surface area contributed by atoms with Crippen LogP contribution >= 0.6 is 0 Å². The zero-order valence-corrected chi connectivity index (χ0v) is 16.3. The van der Waals surface area contributed by atoms with Crippen LogP contribution < -0.4 is 0 Å². The normalized spacial score (nSPS) is 18.2. The van der Waals surface area contributed by atoms with Crippen LogP contribution in [0.25, 0.3) is 0 Å². The summed E-state index contributed by atoms with van der Waals surface area (Å²) in [6.45, 7) is 17.9. The summed E-state index contributed by atoms with van der Waals surface area (Å²) in [6.07, 6.45) is 3.34. The zero-order chi connectivity index (χ0) is 18.9. The molecular formula is C21H36F2O. The molecule has 0 aromatic rings. The topological polar surface area (TPSA) is 9.23 Å². The minimum absolute atomic E-state index is 0.0815. The van der Waals surface area contributed by atoms with E-state index in [1.165, 1.54) is 7.11 Å². The van der Waals surface area contributed by atoms with Crippen LogP contribution in [0.2, 0.25) is 0 Å². The van der Waals surface area contributed by atoms with Gasteiger partial charge in [-0.2, -0.15) is 0 Å². The highest BCUT2D eigenvalue weighted by Gasteiger charge is 2.33. The molecule has 0 aromatic heterocycles. The maximum absolute atomic E-state index is 14.5. The summed E-state index contributed by atoms with van der Waals surface area (Å²) in [5.74, 6) is 0.433. The second-order valence-corrected chi connectivity index (χ2v) is 7.25. The van der Waals surface area contributed by atoms with Gasteiger partial charge in [-0.15, -0.1) is 0 Å². The highest BCUT2D eigenvalue weighted by atomic mass is 19.2. The van der Waals surface area contributed by atoms with Crippen molar-refractivity contribution in [3.05, 3.63) is 36.6 Å². The molecule has 0 heterocycles. The molecule has 0 bridgehead atoms. The molecule has 3 unspecified atom stereocenters. The number of rotatable bonds is 12. The van der Waals surface area contributed by atoms with Gasteiger partial charge in [0.1, 0.15) is 11.9 Å². The predicted molar refractivity (Wildman–Crippen MR) is 100 cm³/mol. The van der Waals surface area contributed by atoms with E-state index in [1.54, 1.807) is 0 Å². The Bertz CT molecular complexity index is 414. The van der Waals surface area contributed by atoms with Crippen LogP contribution in [-0.2, 0) is 4.74 Å². The van der Waals surface area contributed by atoms with Gasteiger partial charge in [0.2, 0.25) is 0 Å². The Hall–Kier alpha value is -1.12. The van der Waals surface area contributed by atoms with Crippen LogP contribution in [-0.4, -0.2) is 19.5 Å². The van der Waals surface area contributed by atoms with Crippen LogP contribution in [0.5, 0.6) is 0 Å². The van der Waals surface area contributed by atoms with E-state index in [-0.39, 0.29) is 11.7 Å². The molecule has 0 rings (SSSR count). The molecule has 0 saturated heterocycles. The number of allylic oxidation sites excluding steroid dienone is 4. The third-order valence-corrected chi connectivity index (χ3v) is 4.83. The summed E-state index contributed by atoms with van der Waals surface area (Å²) < 4.78 is 33.3. The number of ether oxygens (including phenoxy) is 1. The molecule has 0 N–H and O–H groups in total. The van der Waals surface area contributed by atoms with E-state index in [2.05, 4.69) is 33.9 Å². The van der Waals surface area contributed by atoms with Gasteiger partial charge in [-0.25, -0.2) is 8.78 Å². The first kappa shape index (κ1) is 22.9. The highest BCUT2D eigenvalue weighted by Crippen LogP contribution is 2.30. The summed E-state index contributed by atoms with van der Waals surface area (Å²) in [7, 11) is 1.31. The average molecular weight is 343 g/mol. The molecule has 140 valence electrons. The molecule has 0 aliphatic carbocycles. The standard InChI is InChI=1S/C21H36F2O/c1-9-19(21(23)20(22)18(7)24-8)17(6)13-12-16(5)15(4)11-10-14(2)3/h12-15,17,19-21H,5,7,9-11H2,1-4,6,8H3/b13-12-/t15?,17?,19-,20?,21-/m0/s1. The lowest BCUT2D eigenvalue weighted by Crippen LogP contribution is -2.31. The molecule has 24 heavy (non-hydrogen) atoms. The molecular weight excluding hydrogens is 306 g/mol. The number of hydrogen-bond acceptors (Lipinski definition) is 1. The minimum atomic E-state index is -1.79. The fraction of sp³-hybridized carbons (Fsp3) is 0.714. The van der Waals surface area contributed by atoms with Crippen molar-refractivity contribution in [2.45, 2.75) is 66.2 Å². The van der Waals surface area contributed by atoms with Gasteiger partial charge in [-0.05, 0) is 36.5 Å².